The molecule has 1 amide bonds. The van der Waals surface area contributed by atoms with Gasteiger partial charge in [-0.15, -0.1) is 0 Å². The third kappa shape index (κ3) is 8.19. The van der Waals surface area contributed by atoms with E-state index in [9.17, 15) is 18.0 Å². The Kier molecular flexibility index (Phi) is 10.1. The zero-order valence-corrected chi connectivity index (χ0v) is 19.6. The second-order valence-electron chi connectivity index (χ2n) is 5.26. The number of carbonyl (C=O) groups is 1. The van der Waals surface area contributed by atoms with Crippen LogP contribution in [-0.4, -0.2) is 16.3 Å². The maximum Gasteiger partial charge on any atom is 1.00 e. The molecule has 5 nitrogen and oxygen atoms in total. The first kappa shape index (κ1) is 25.1. The van der Waals surface area contributed by atoms with Crippen LogP contribution in [0.5, 0.6) is 17.2 Å². The first-order chi connectivity index (χ1) is 12.6. The summed E-state index contributed by atoms with van der Waals surface area (Å²) in [5.74, 6) is 0.596. The summed E-state index contributed by atoms with van der Waals surface area (Å²) in [6, 6.07) is 10.6. The Morgan fingerprint density at radius 3 is 1.93 bits per heavy atom. The monoisotopic (exact) mass is 454 g/mol. The molecule has 0 aliphatic rings. The molecule has 11 heteroatoms. The Balaban J connectivity index is 0.00000392. The van der Waals surface area contributed by atoms with Crippen LogP contribution >= 0.6 is 12.2 Å². The maximum atomic E-state index is 12.5. The molecule has 0 radical (unpaired) electrons. The number of thiocarbonyl (C=S) groups is 1. The number of amides is 1. The fourth-order valence-electron chi connectivity index (χ4n) is 1.91. The van der Waals surface area contributed by atoms with Gasteiger partial charge in [-0.3, -0.25) is 10.2 Å². The number of nitrogens with one attached hydrogen (secondary N) is 2. The average Bonchev–Trinajstić information content (AvgIpc) is 2.61. The second kappa shape index (κ2) is 11.3. The van der Waals surface area contributed by atoms with Gasteiger partial charge in [-0.05, 0) is 59.8 Å². The predicted octanol–water partition coefficient (Wildman–Crippen LogP) is 0.722. The smallest absolute Gasteiger partial charge is 0.481 e. The van der Waals surface area contributed by atoms with Crippen molar-refractivity contribution in [1.82, 2.24) is 10.9 Å². The van der Waals surface area contributed by atoms with Gasteiger partial charge in [0.25, 0.3) is 5.91 Å². The molecule has 1 unspecified atom stereocenters. The van der Waals surface area contributed by atoms with E-state index >= 15 is 0 Å². The van der Waals surface area contributed by atoms with Crippen LogP contribution in [0.2, 0.25) is 0 Å². The molecule has 0 bridgehead atoms. The molecule has 2 aromatic carbocycles. The molecule has 144 valence electrons. The minimum atomic E-state index is -4.40. The third-order valence-corrected chi connectivity index (χ3v) is 3.42. The number of hydrogen-bond donors (Lipinski definition) is 2. The molecule has 0 heterocycles. The van der Waals surface area contributed by atoms with Crippen molar-refractivity contribution in [2.24, 2.45) is 0 Å². The Bertz CT molecular complexity index is 803. The molecule has 0 aliphatic carbocycles. The van der Waals surface area contributed by atoms with Crippen LogP contribution in [0.4, 0.5) is 13.2 Å². The number of benzene rings is 2. The van der Waals surface area contributed by atoms with E-state index in [2.05, 4.69) is 35.7 Å². The van der Waals surface area contributed by atoms with E-state index in [1.807, 2.05) is 0 Å². The molecule has 0 aromatic heterocycles. The van der Waals surface area contributed by atoms with Crippen LogP contribution in [-0.2, 0) is 23.6 Å². The predicted molar refractivity (Wildman–Crippen MR) is 99.3 cm³/mol. The molecule has 0 saturated carbocycles. The number of hydrogen-bond acceptors (Lipinski definition) is 5. The molecule has 2 N–H and O–H groups in total. The van der Waals surface area contributed by atoms with E-state index < -0.39 is 23.8 Å². The van der Waals surface area contributed by atoms with Crippen LogP contribution in [0.1, 0.15) is 12.5 Å². The van der Waals surface area contributed by atoms with Crippen molar-refractivity contribution in [3.05, 3.63) is 54.1 Å². The van der Waals surface area contributed by atoms with Crippen molar-refractivity contribution in [2.45, 2.75) is 19.2 Å². The fraction of sp³-hybridized carbons (Fsp3) is 0.176. The number of alkyl halides is 3. The van der Waals surface area contributed by atoms with Crippen LogP contribution in [0.15, 0.2) is 48.5 Å². The third-order valence-electron chi connectivity index (χ3n) is 3.21. The zero-order chi connectivity index (χ0) is 20.0. The van der Waals surface area contributed by atoms with Crippen molar-refractivity contribution in [3.63, 3.8) is 0 Å². The molecule has 0 saturated heterocycles. The first-order valence-electron chi connectivity index (χ1n) is 7.54. The second-order valence-corrected chi connectivity index (χ2v) is 6.33. The summed E-state index contributed by atoms with van der Waals surface area (Å²) in [7, 11) is 0. The van der Waals surface area contributed by atoms with Gasteiger partial charge in [-0.25, -0.2) is 0 Å². The molecule has 0 spiro atoms. The summed E-state index contributed by atoms with van der Waals surface area (Å²) in [5.41, 5.74) is 3.88. The number of carbonyl (C=O) groups excluding carboxylic acids is 1. The van der Waals surface area contributed by atoms with Gasteiger partial charge in [0.1, 0.15) is 17.2 Å². The van der Waals surface area contributed by atoms with E-state index in [-0.39, 0.29) is 61.5 Å². The standard InChI is InChI=1S/C17H15F3N2O3S2.K/c1-10(15(23)21-22-16(26)27)24-12-6-8-14(9-7-12)25-13-4-2-11(3-5-13)17(18,19)20;/h2-10H,1H3,(H,21,23)(H2,22,26,27);/q;+1/p-1. The summed E-state index contributed by atoms with van der Waals surface area (Å²) in [6.07, 6.45) is -5.21. The number of halogens is 3. The number of hydrazine groups is 1. The Morgan fingerprint density at radius 2 is 1.46 bits per heavy atom. The normalized spacial score (nSPS) is 11.6. The van der Waals surface area contributed by atoms with Crippen molar-refractivity contribution < 1.29 is 78.8 Å². The van der Waals surface area contributed by atoms with E-state index in [0.717, 1.165) is 12.1 Å². The maximum absolute atomic E-state index is 12.5. The topological polar surface area (TPSA) is 59.6 Å². The molecule has 2 aromatic rings. The quantitative estimate of drug-likeness (QED) is 0.301. The summed E-state index contributed by atoms with van der Waals surface area (Å²) < 4.78 is 48.6. The van der Waals surface area contributed by atoms with E-state index in [4.69, 9.17) is 9.47 Å². The number of ether oxygens (including phenoxy) is 2. The van der Waals surface area contributed by atoms with Gasteiger partial charge in [-0.1, -0.05) is 0 Å². The first-order valence-corrected chi connectivity index (χ1v) is 8.35. The molecule has 2 rings (SSSR count). The SMILES string of the molecule is CC(Oc1ccc(Oc2ccc(C(F)(F)F)cc2)cc1)C(=O)NNC(=S)[S-].[K+]. The minimum absolute atomic E-state index is 0. The van der Waals surface area contributed by atoms with E-state index in [1.54, 1.807) is 24.3 Å². The van der Waals surface area contributed by atoms with Gasteiger partial charge in [0.2, 0.25) is 0 Å². The molecular formula is C17H14F3KN2O3S2. The van der Waals surface area contributed by atoms with Gasteiger partial charge >= 0.3 is 57.6 Å². The Hall–Kier alpha value is -0.954. The summed E-state index contributed by atoms with van der Waals surface area (Å²) in [5, 5.41) is 0. The van der Waals surface area contributed by atoms with E-state index in [0.29, 0.717) is 11.5 Å². The molecule has 0 aliphatic heterocycles. The summed E-state index contributed by atoms with van der Waals surface area (Å²) in [4.78, 5) is 11.7. The van der Waals surface area contributed by atoms with Gasteiger partial charge in [0, 0.05) is 0 Å². The molecule has 0 fully saturated rings. The van der Waals surface area contributed by atoms with Crippen molar-refractivity contribution in [1.29, 1.82) is 0 Å². The van der Waals surface area contributed by atoms with Crippen molar-refractivity contribution >= 4 is 35.1 Å². The van der Waals surface area contributed by atoms with Crippen LogP contribution in [0.25, 0.3) is 0 Å². The summed E-state index contributed by atoms with van der Waals surface area (Å²) >= 11 is 9.20. The van der Waals surface area contributed by atoms with Gasteiger partial charge in [0.05, 0.1) is 5.56 Å². The van der Waals surface area contributed by atoms with Crippen LogP contribution in [0, 0.1) is 0 Å². The van der Waals surface area contributed by atoms with E-state index in [1.165, 1.54) is 19.1 Å². The van der Waals surface area contributed by atoms with Crippen molar-refractivity contribution in [2.75, 3.05) is 0 Å². The Labute approximate surface area is 213 Å². The molecular weight excluding hydrogens is 440 g/mol. The Morgan fingerprint density at radius 1 is 1.00 bits per heavy atom. The average molecular weight is 455 g/mol. The summed E-state index contributed by atoms with van der Waals surface area (Å²) in [6.45, 7) is 1.54. The minimum Gasteiger partial charge on any atom is -0.481 e. The zero-order valence-electron chi connectivity index (χ0n) is 14.9. The van der Waals surface area contributed by atoms with Gasteiger partial charge in [0.15, 0.2) is 6.10 Å². The van der Waals surface area contributed by atoms with Gasteiger partial charge < -0.3 is 39.7 Å². The van der Waals surface area contributed by atoms with Crippen LogP contribution in [0.3, 0.4) is 0 Å². The largest absolute Gasteiger partial charge is 1.00 e. The van der Waals surface area contributed by atoms with Crippen LogP contribution < -0.4 is 71.7 Å². The van der Waals surface area contributed by atoms with Gasteiger partial charge in [-0.2, -0.15) is 13.2 Å². The number of rotatable bonds is 5. The molecule has 1 atom stereocenters. The fourth-order valence-corrected chi connectivity index (χ4v) is 2.01. The molecule has 28 heavy (non-hydrogen) atoms. The van der Waals surface area contributed by atoms with Crippen molar-refractivity contribution in [3.8, 4) is 17.2 Å².